The van der Waals surface area contributed by atoms with Crippen LogP contribution in [0, 0.1) is 11.6 Å². The maximum atomic E-state index is 14.3. The van der Waals surface area contributed by atoms with Gasteiger partial charge in [-0.1, -0.05) is 42.5 Å². The lowest BCUT2D eigenvalue weighted by Crippen LogP contribution is -2.38. The number of nitrogens with zero attached hydrogens (tertiary/aromatic N) is 1. The van der Waals surface area contributed by atoms with Crippen LogP contribution in [0.3, 0.4) is 0 Å². The summed E-state index contributed by atoms with van der Waals surface area (Å²) in [7, 11) is -4.24. The van der Waals surface area contributed by atoms with E-state index in [1.54, 1.807) is 6.07 Å². The molecule has 5 nitrogen and oxygen atoms in total. The molecule has 0 unspecified atom stereocenters. The third-order valence-corrected chi connectivity index (χ3v) is 5.66. The minimum absolute atomic E-state index is 0.0990. The molecule has 1 amide bonds. The maximum Gasteiger partial charge on any atom is 0.264 e. The first kappa shape index (κ1) is 19.5. The number of hydrogen-bond acceptors (Lipinski definition) is 3. The molecule has 1 N–H and O–H groups in total. The van der Waals surface area contributed by atoms with Gasteiger partial charge in [0.15, 0.2) is 0 Å². The zero-order valence-corrected chi connectivity index (χ0v) is 15.4. The van der Waals surface area contributed by atoms with Crippen molar-refractivity contribution in [2.45, 2.75) is 4.90 Å². The lowest BCUT2D eigenvalue weighted by Gasteiger charge is -2.24. The highest BCUT2D eigenvalue weighted by Crippen LogP contribution is 2.26. The van der Waals surface area contributed by atoms with E-state index in [0.717, 1.165) is 12.1 Å². The molecule has 144 valence electrons. The Labute approximate surface area is 161 Å². The summed E-state index contributed by atoms with van der Waals surface area (Å²) in [5.74, 6) is -2.28. The van der Waals surface area contributed by atoms with Gasteiger partial charge in [-0.05, 0) is 36.4 Å². The van der Waals surface area contributed by atoms with Crippen molar-refractivity contribution in [3.8, 4) is 0 Å². The third kappa shape index (κ3) is 4.17. The summed E-state index contributed by atoms with van der Waals surface area (Å²) in [5.41, 5.74) is -0.381. The van der Waals surface area contributed by atoms with Crippen LogP contribution in [-0.4, -0.2) is 20.9 Å². The second-order valence-corrected chi connectivity index (χ2v) is 7.67. The number of amides is 1. The average Bonchev–Trinajstić information content (AvgIpc) is 2.69. The molecule has 0 aliphatic rings. The predicted molar refractivity (Wildman–Crippen MR) is 102 cm³/mol. The first-order valence-electron chi connectivity index (χ1n) is 8.26. The van der Waals surface area contributed by atoms with Gasteiger partial charge in [-0.3, -0.25) is 9.10 Å². The summed E-state index contributed by atoms with van der Waals surface area (Å²) in [6, 6.07) is 18.1. The average molecular weight is 402 g/mol. The molecule has 0 aliphatic heterocycles. The molecule has 0 radical (unpaired) electrons. The highest BCUT2D eigenvalue weighted by molar-refractivity contribution is 7.92. The Balaban J connectivity index is 1.97. The van der Waals surface area contributed by atoms with E-state index in [-0.39, 0.29) is 16.3 Å². The van der Waals surface area contributed by atoms with Gasteiger partial charge in [0, 0.05) is 0 Å². The van der Waals surface area contributed by atoms with E-state index >= 15 is 0 Å². The lowest BCUT2D eigenvalue weighted by molar-refractivity contribution is -0.114. The molecule has 3 aromatic carbocycles. The molecular weight excluding hydrogens is 386 g/mol. The standard InChI is InChI=1S/C20H16F2N2O3S/c21-16-10-4-6-12-18(16)23-20(25)14-24(19-13-7-5-11-17(19)22)28(26,27)15-8-2-1-3-9-15/h1-13H,14H2,(H,23,25). The SMILES string of the molecule is O=C(CN(c1ccccc1F)S(=O)(=O)c1ccccc1)Nc1ccccc1F. The number of sulfonamides is 1. The Morgan fingerprint density at radius 2 is 1.39 bits per heavy atom. The van der Waals surface area contributed by atoms with Crippen molar-refractivity contribution in [2.75, 3.05) is 16.2 Å². The van der Waals surface area contributed by atoms with Gasteiger partial charge in [-0.25, -0.2) is 17.2 Å². The smallest absolute Gasteiger partial charge is 0.264 e. The van der Waals surface area contributed by atoms with Crippen molar-refractivity contribution in [2.24, 2.45) is 0 Å². The molecule has 3 aromatic rings. The second-order valence-electron chi connectivity index (χ2n) is 5.80. The zero-order chi connectivity index (χ0) is 20.1. The molecule has 3 rings (SSSR count). The lowest BCUT2D eigenvalue weighted by atomic mass is 10.3. The molecule has 0 saturated heterocycles. The molecule has 0 heterocycles. The van der Waals surface area contributed by atoms with Crippen LogP contribution in [0.15, 0.2) is 83.8 Å². The summed E-state index contributed by atoms with van der Waals surface area (Å²) in [6.07, 6.45) is 0. The van der Waals surface area contributed by atoms with Crippen LogP contribution in [0.5, 0.6) is 0 Å². The van der Waals surface area contributed by atoms with Crippen molar-refractivity contribution in [1.82, 2.24) is 0 Å². The van der Waals surface area contributed by atoms with Gasteiger partial charge in [-0.15, -0.1) is 0 Å². The predicted octanol–water partition coefficient (Wildman–Crippen LogP) is 3.80. The summed E-state index contributed by atoms with van der Waals surface area (Å²) in [6.45, 7) is -0.730. The Bertz CT molecular complexity index is 1090. The number of benzene rings is 3. The van der Waals surface area contributed by atoms with E-state index in [9.17, 15) is 22.0 Å². The summed E-state index contributed by atoms with van der Waals surface area (Å²) >= 11 is 0. The number of carbonyl (C=O) groups excluding carboxylic acids is 1. The molecule has 0 aliphatic carbocycles. The number of hydrogen-bond donors (Lipinski definition) is 1. The van der Waals surface area contributed by atoms with E-state index in [0.29, 0.717) is 4.31 Å². The minimum atomic E-state index is -4.24. The molecule has 0 aromatic heterocycles. The van der Waals surface area contributed by atoms with Gasteiger partial charge in [0.05, 0.1) is 16.3 Å². The Kier molecular flexibility index (Phi) is 5.70. The fraction of sp³-hybridized carbons (Fsp3) is 0.0500. The number of halogens is 2. The van der Waals surface area contributed by atoms with E-state index in [1.807, 2.05) is 0 Å². The number of anilines is 2. The van der Waals surface area contributed by atoms with Crippen LogP contribution < -0.4 is 9.62 Å². The minimum Gasteiger partial charge on any atom is -0.322 e. The van der Waals surface area contributed by atoms with Gasteiger partial charge >= 0.3 is 0 Å². The van der Waals surface area contributed by atoms with Crippen LogP contribution in [0.2, 0.25) is 0 Å². The highest BCUT2D eigenvalue weighted by atomic mass is 32.2. The number of para-hydroxylation sites is 2. The molecule has 8 heteroatoms. The van der Waals surface area contributed by atoms with Crippen LogP contribution in [0.1, 0.15) is 0 Å². The quantitative estimate of drug-likeness (QED) is 0.682. The van der Waals surface area contributed by atoms with Crippen LogP contribution in [-0.2, 0) is 14.8 Å². The third-order valence-electron chi connectivity index (χ3n) is 3.89. The van der Waals surface area contributed by atoms with Crippen molar-refractivity contribution in [3.63, 3.8) is 0 Å². The first-order valence-corrected chi connectivity index (χ1v) is 9.70. The van der Waals surface area contributed by atoms with Crippen molar-refractivity contribution in [1.29, 1.82) is 0 Å². The molecule has 0 fully saturated rings. The first-order chi connectivity index (χ1) is 13.4. The monoisotopic (exact) mass is 402 g/mol. The second kappa shape index (κ2) is 8.18. The summed E-state index contributed by atoms with van der Waals surface area (Å²) < 4.78 is 54.8. The molecule has 0 atom stereocenters. The highest BCUT2D eigenvalue weighted by Gasteiger charge is 2.29. The van der Waals surface area contributed by atoms with E-state index < -0.39 is 34.1 Å². The summed E-state index contributed by atoms with van der Waals surface area (Å²) in [5, 5.41) is 2.31. The van der Waals surface area contributed by atoms with Gasteiger partial charge in [0.1, 0.15) is 18.2 Å². The Morgan fingerprint density at radius 1 is 0.821 bits per heavy atom. The number of carbonyl (C=O) groups is 1. The van der Waals surface area contributed by atoms with Crippen molar-refractivity contribution in [3.05, 3.63) is 90.5 Å². The van der Waals surface area contributed by atoms with Crippen LogP contribution in [0.4, 0.5) is 20.2 Å². The summed E-state index contributed by atoms with van der Waals surface area (Å²) in [4.78, 5) is 12.3. The van der Waals surface area contributed by atoms with E-state index in [4.69, 9.17) is 0 Å². The largest absolute Gasteiger partial charge is 0.322 e. The topological polar surface area (TPSA) is 66.5 Å². The van der Waals surface area contributed by atoms with E-state index in [1.165, 1.54) is 60.7 Å². The normalized spacial score (nSPS) is 11.1. The van der Waals surface area contributed by atoms with E-state index in [2.05, 4.69) is 5.32 Å². The molecule has 0 bridgehead atoms. The molecule has 0 spiro atoms. The number of rotatable bonds is 6. The Morgan fingerprint density at radius 3 is 2.04 bits per heavy atom. The van der Waals surface area contributed by atoms with Gasteiger partial charge in [0.2, 0.25) is 5.91 Å². The van der Waals surface area contributed by atoms with Gasteiger partial charge < -0.3 is 5.32 Å². The molecule has 28 heavy (non-hydrogen) atoms. The maximum absolute atomic E-state index is 14.3. The fourth-order valence-corrected chi connectivity index (χ4v) is 4.01. The van der Waals surface area contributed by atoms with Crippen molar-refractivity contribution >= 4 is 27.3 Å². The fourth-order valence-electron chi connectivity index (χ4n) is 2.56. The molecular formula is C20H16F2N2O3S. The zero-order valence-electron chi connectivity index (χ0n) is 14.5. The van der Waals surface area contributed by atoms with Gasteiger partial charge in [-0.2, -0.15) is 0 Å². The Hall–Kier alpha value is -3.26. The van der Waals surface area contributed by atoms with Crippen LogP contribution >= 0.6 is 0 Å². The van der Waals surface area contributed by atoms with Crippen LogP contribution in [0.25, 0.3) is 0 Å². The number of nitrogens with one attached hydrogen (secondary N) is 1. The molecule has 0 saturated carbocycles. The van der Waals surface area contributed by atoms with Gasteiger partial charge in [0.25, 0.3) is 10.0 Å². The van der Waals surface area contributed by atoms with Crippen molar-refractivity contribution < 1.29 is 22.0 Å².